The predicted molar refractivity (Wildman–Crippen MR) is 40.4 cm³/mol. The molecule has 1 heterocycles. The van der Waals surface area contributed by atoms with E-state index in [0.717, 1.165) is 0 Å². The molecule has 0 aliphatic carbocycles. The number of imidazole rings is 1. The number of rotatable bonds is 2. The molecule has 0 aliphatic heterocycles. The number of thiocarbonyl (C=S) groups is 1. The lowest BCUT2D eigenvalue weighted by molar-refractivity contribution is 0.146. The van der Waals surface area contributed by atoms with Gasteiger partial charge in [-0.25, -0.2) is 4.98 Å². The Morgan fingerprint density at radius 1 is 1.90 bits per heavy atom. The van der Waals surface area contributed by atoms with E-state index in [-0.39, 0.29) is 0 Å². The molecule has 0 aromatic carbocycles. The summed E-state index contributed by atoms with van der Waals surface area (Å²) in [5.74, 6) is 0.608. The summed E-state index contributed by atoms with van der Waals surface area (Å²) in [6.45, 7) is 0. The number of aromatic amines is 1. The number of hydrogen-bond donors (Lipinski definition) is 2. The molecule has 0 saturated carbocycles. The molecule has 0 amide bonds. The minimum absolute atomic E-state index is 0.451. The zero-order chi connectivity index (χ0) is 7.40. The van der Waals surface area contributed by atoms with Gasteiger partial charge in [0.05, 0.1) is 7.11 Å². The Kier molecular flexibility index (Phi) is 2.35. The quantitative estimate of drug-likeness (QED) is 0.477. The minimum atomic E-state index is 0.451. The fraction of sp³-hybridized carbons (Fsp3) is 0.200. The third-order valence-electron chi connectivity index (χ3n) is 0.908. The molecular formula is C5H7N3OS. The van der Waals surface area contributed by atoms with Crippen molar-refractivity contribution in [2.24, 2.45) is 0 Å². The molecule has 0 radical (unpaired) electrons. The van der Waals surface area contributed by atoms with Gasteiger partial charge in [-0.05, 0) is 0 Å². The highest BCUT2D eigenvalue weighted by Crippen LogP contribution is 1.88. The van der Waals surface area contributed by atoms with Gasteiger partial charge in [-0.2, -0.15) is 0 Å². The topological polar surface area (TPSA) is 49.9 Å². The van der Waals surface area contributed by atoms with Gasteiger partial charge in [0.1, 0.15) is 0 Å². The summed E-state index contributed by atoms with van der Waals surface area (Å²) in [6, 6.07) is 0. The molecule has 0 saturated heterocycles. The van der Waals surface area contributed by atoms with Gasteiger partial charge >= 0.3 is 0 Å². The van der Waals surface area contributed by atoms with Gasteiger partial charge in [0.25, 0.3) is 0 Å². The van der Waals surface area contributed by atoms with Crippen molar-refractivity contribution in [1.29, 1.82) is 0 Å². The first-order valence-corrected chi connectivity index (χ1v) is 3.08. The summed E-state index contributed by atoms with van der Waals surface area (Å²) < 4.78 is 0. The molecule has 4 nitrogen and oxygen atoms in total. The van der Waals surface area contributed by atoms with Crippen molar-refractivity contribution in [3.05, 3.63) is 18.2 Å². The van der Waals surface area contributed by atoms with Crippen LogP contribution in [0.2, 0.25) is 0 Å². The highest BCUT2D eigenvalue weighted by molar-refractivity contribution is 7.80. The van der Waals surface area contributed by atoms with Crippen molar-refractivity contribution >= 4 is 17.2 Å². The molecule has 0 spiro atoms. The van der Waals surface area contributed by atoms with Crippen LogP contribution in [0.4, 0.5) is 0 Å². The van der Waals surface area contributed by atoms with E-state index < -0.39 is 0 Å². The van der Waals surface area contributed by atoms with Crippen LogP contribution < -0.4 is 5.48 Å². The van der Waals surface area contributed by atoms with Crippen LogP contribution in [-0.2, 0) is 4.84 Å². The van der Waals surface area contributed by atoms with E-state index in [1.165, 1.54) is 7.11 Å². The summed E-state index contributed by atoms with van der Waals surface area (Å²) in [5.41, 5.74) is 2.49. The smallest absolute Gasteiger partial charge is 0.167 e. The first-order valence-electron chi connectivity index (χ1n) is 2.67. The molecule has 1 aromatic rings. The molecule has 54 valence electrons. The molecule has 2 N–H and O–H groups in total. The number of nitrogens with one attached hydrogen (secondary N) is 2. The van der Waals surface area contributed by atoms with Crippen molar-refractivity contribution in [1.82, 2.24) is 15.4 Å². The molecule has 10 heavy (non-hydrogen) atoms. The average molecular weight is 157 g/mol. The van der Waals surface area contributed by atoms with Gasteiger partial charge in [0.15, 0.2) is 10.8 Å². The third kappa shape index (κ3) is 1.52. The van der Waals surface area contributed by atoms with Gasteiger partial charge < -0.3 is 4.98 Å². The lowest BCUT2D eigenvalue weighted by Crippen LogP contribution is -2.21. The first kappa shape index (κ1) is 7.17. The zero-order valence-corrected chi connectivity index (χ0v) is 6.23. The molecule has 0 fully saturated rings. The molecule has 1 aromatic heterocycles. The molecule has 0 aliphatic rings. The lowest BCUT2D eigenvalue weighted by Gasteiger charge is -1.99. The van der Waals surface area contributed by atoms with Crippen LogP contribution in [0.5, 0.6) is 0 Å². The van der Waals surface area contributed by atoms with E-state index in [4.69, 9.17) is 12.2 Å². The summed E-state index contributed by atoms with van der Waals surface area (Å²) in [6.07, 6.45) is 3.32. The van der Waals surface area contributed by atoms with Gasteiger partial charge in [-0.1, -0.05) is 12.2 Å². The van der Waals surface area contributed by atoms with Crippen LogP contribution >= 0.6 is 12.2 Å². The second-order valence-corrected chi connectivity index (χ2v) is 1.98. The summed E-state index contributed by atoms with van der Waals surface area (Å²) >= 11 is 4.84. The maximum Gasteiger partial charge on any atom is 0.167 e. The first-order chi connectivity index (χ1) is 4.84. The monoisotopic (exact) mass is 157 g/mol. The summed E-state index contributed by atoms with van der Waals surface area (Å²) in [7, 11) is 1.50. The minimum Gasteiger partial charge on any atom is -0.343 e. The Hall–Kier alpha value is -0.940. The maximum atomic E-state index is 4.84. The molecule has 5 heteroatoms. The second-order valence-electron chi connectivity index (χ2n) is 1.57. The largest absolute Gasteiger partial charge is 0.343 e. The highest BCUT2D eigenvalue weighted by atomic mass is 32.1. The number of hydrogen-bond acceptors (Lipinski definition) is 3. The number of nitrogens with zero attached hydrogens (tertiary/aromatic N) is 1. The lowest BCUT2D eigenvalue weighted by atomic mass is 10.6. The zero-order valence-electron chi connectivity index (χ0n) is 5.42. The fourth-order valence-electron chi connectivity index (χ4n) is 0.530. The van der Waals surface area contributed by atoms with E-state index in [1.54, 1.807) is 12.4 Å². The van der Waals surface area contributed by atoms with Crippen molar-refractivity contribution in [3.8, 4) is 0 Å². The van der Waals surface area contributed by atoms with Crippen molar-refractivity contribution < 1.29 is 4.84 Å². The van der Waals surface area contributed by atoms with Crippen molar-refractivity contribution in [2.75, 3.05) is 7.11 Å². The molecule has 0 unspecified atom stereocenters. The molecule has 0 bridgehead atoms. The van der Waals surface area contributed by atoms with Crippen LogP contribution in [0.1, 0.15) is 5.82 Å². The Morgan fingerprint density at radius 2 is 2.70 bits per heavy atom. The highest BCUT2D eigenvalue weighted by Gasteiger charge is 1.99. The van der Waals surface area contributed by atoms with E-state index in [0.29, 0.717) is 10.8 Å². The average Bonchev–Trinajstić information content (AvgIpc) is 2.38. The van der Waals surface area contributed by atoms with E-state index in [2.05, 4.69) is 20.3 Å². The van der Waals surface area contributed by atoms with Crippen molar-refractivity contribution in [3.63, 3.8) is 0 Å². The second kappa shape index (κ2) is 3.28. The third-order valence-corrected chi connectivity index (χ3v) is 1.18. The van der Waals surface area contributed by atoms with E-state index >= 15 is 0 Å². The Labute approximate surface area is 63.6 Å². The normalized spacial score (nSPS) is 9.30. The molecular weight excluding hydrogens is 150 g/mol. The van der Waals surface area contributed by atoms with Crippen LogP contribution in [0.25, 0.3) is 0 Å². The summed E-state index contributed by atoms with van der Waals surface area (Å²) in [4.78, 5) is 11.8. The number of aromatic nitrogens is 2. The van der Waals surface area contributed by atoms with Gasteiger partial charge in [-0.3, -0.25) is 10.3 Å². The predicted octanol–water partition coefficient (Wildman–Crippen LogP) is 0.236. The van der Waals surface area contributed by atoms with Crippen molar-refractivity contribution in [2.45, 2.75) is 0 Å². The molecule has 0 atom stereocenters. The Morgan fingerprint density at radius 3 is 3.20 bits per heavy atom. The Balaban J connectivity index is 2.59. The van der Waals surface area contributed by atoms with Crippen LogP contribution in [0.3, 0.4) is 0 Å². The SMILES string of the molecule is CONC(=S)c1ncc[nH]1. The maximum absolute atomic E-state index is 4.84. The van der Waals surface area contributed by atoms with Crippen LogP contribution in [0.15, 0.2) is 12.4 Å². The number of H-pyrrole nitrogens is 1. The van der Waals surface area contributed by atoms with Gasteiger partial charge in [0.2, 0.25) is 0 Å². The van der Waals surface area contributed by atoms with Crippen LogP contribution in [-0.4, -0.2) is 22.1 Å². The van der Waals surface area contributed by atoms with Gasteiger partial charge in [-0.15, -0.1) is 0 Å². The van der Waals surface area contributed by atoms with E-state index in [1.807, 2.05) is 0 Å². The number of hydroxylamine groups is 1. The summed E-state index contributed by atoms with van der Waals surface area (Å²) in [5, 5.41) is 0. The van der Waals surface area contributed by atoms with E-state index in [9.17, 15) is 0 Å². The molecule has 1 rings (SSSR count). The van der Waals surface area contributed by atoms with Crippen LogP contribution in [0, 0.1) is 0 Å². The standard InChI is InChI=1S/C5H7N3OS/c1-9-8-5(10)4-6-2-3-7-4/h2-3H,1H3,(H,6,7)(H,8,10). The Bertz CT molecular complexity index is 209. The van der Waals surface area contributed by atoms with Gasteiger partial charge in [0, 0.05) is 12.4 Å². The fourth-order valence-corrected chi connectivity index (χ4v) is 0.725.